The highest BCUT2D eigenvalue weighted by Gasteiger charge is 2.12. The molecule has 0 fully saturated rings. The summed E-state index contributed by atoms with van der Waals surface area (Å²) in [5.74, 6) is 0. The molecule has 1 aromatic heterocycles. The van der Waals surface area contributed by atoms with Gasteiger partial charge < -0.3 is 0 Å². The molecule has 0 radical (unpaired) electrons. The second-order valence-electron chi connectivity index (χ2n) is 7.44. The minimum Gasteiger partial charge on any atom is -0.144 e. The monoisotopic (exact) mass is 288 g/mol. The minimum atomic E-state index is 0.206. The standard InChI is InChI=1S/C19H28S/c1-15(19(5,6)7)13-16(10-11-18(2,3)4)14-17-9-8-12-20-17/h8-14H,1-7H3. The lowest BCUT2D eigenvalue weighted by molar-refractivity contribution is 0.504. The Kier molecular flexibility index (Phi) is 5.59. The third-order valence-corrected chi connectivity index (χ3v) is 4.01. The quantitative estimate of drug-likeness (QED) is 0.541. The van der Waals surface area contributed by atoms with Crippen LogP contribution in [-0.2, 0) is 0 Å². The topological polar surface area (TPSA) is 0 Å². The number of rotatable bonds is 3. The van der Waals surface area contributed by atoms with Gasteiger partial charge in [0.2, 0.25) is 0 Å². The van der Waals surface area contributed by atoms with E-state index >= 15 is 0 Å². The van der Waals surface area contributed by atoms with Gasteiger partial charge in [-0.15, -0.1) is 11.3 Å². The average Bonchev–Trinajstić information content (AvgIpc) is 2.76. The van der Waals surface area contributed by atoms with Gasteiger partial charge in [-0.1, -0.05) is 71.4 Å². The highest BCUT2D eigenvalue weighted by atomic mass is 32.1. The van der Waals surface area contributed by atoms with Gasteiger partial charge in [0.05, 0.1) is 0 Å². The zero-order valence-electron chi connectivity index (χ0n) is 13.9. The maximum absolute atomic E-state index is 2.31. The Morgan fingerprint density at radius 3 is 2.20 bits per heavy atom. The van der Waals surface area contributed by atoms with E-state index in [9.17, 15) is 0 Å². The summed E-state index contributed by atoms with van der Waals surface area (Å²) in [6.45, 7) is 15.7. The van der Waals surface area contributed by atoms with Crippen LogP contribution in [0.3, 0.4) is 0 Å². The summed E-state index contributed by atoms with van der Waals surface area (Å²) in [6, 6.07) is 4.26. The molecule has 110 valence electrons. The summed E-state index contributed by atoms with van der Waals surface area (Å²) >= 11 is 1.78. The molecule has 0 saturated heterocycles. The third-order valence-electron chi connectivity index (χ3n) is 3.19. The van der Waals surface area contributed by atoms with Crippen molar-refractivity contribution in [1.29, 1.82) is 0 Å². The highest BCUT2D eigenvalue weighted by Crippen LogP contribution is 2.27. The van der Waals surface area contributed by atoms with E-state index in [1.807, 2.05) is 0 Å². The Bertz CT molecular complexity index is 497. The van der Waals surface area contributed by atoms with Crippen LogP contribution in [0.2, 0.25) is 0 Å². The van der Waals surface area contributed by atoms with Crippen molar-refractivity contribution in [2.45, 2.75) is 48.5 Å². The Balaban J connectivity index is 3.13. The summed E-state index contributed by atoms with van der Waals surface area (Å²) in [5, 5.41) is 2.12. The summed E-state index contributed by atoms with van der Waals surface area (Å²) < 4.78 is 0. The maximum Gasteiger partial charge on any atom is 0.0276 e. The van der Waals surface area contributed by atoms with Gasteiger partial charge in [0.25, 0.3) is 0 Å². The second-order valence-corrected chi connectivity index (χ2v) is 8.42. The van der Waals surface area contributed by atoms with E-state index in [1.54, 1.807) is 11.3 Å². The van der Waals surface area contributed by atoms with Gasteiger partial charge >= 0.3 is 0 Å². The lowest BCUT2D eigenvalue weighted by atomic mass is 9.86. The number of thiophene rings is 1. The van der Waals surface area contributed by atoms with Gasteiger partial charge in [-0.25, -0.2) is 0 Å². The summed E-state index contributed by atoms with van der Waals surface area (Å²) in [7, 11) is 0. The van der Waals surface area contributed by atoms with Crippen LogP contribution in [0.4, 0.5) is 0 Å². The van der Waals surface area contributed by atoms with E-state index in [4.69, 9.17) is 0 Å². The van der Waals surface area contributed by atoms with Gasteiger partial charge in [0.1, 0.15) is 0 Å². The van der Waals surface area contributed by atoms with Crippen LogP contribution in [0.25, 0.3) is 6.08 Å². The third kappa shape index (κ3) is 6.38. The molecule has 1 heteroatoms. The molecule has 0 N–H and O–H groups in total. The van der Waals surface area contributed by atoms with Gasteiger partial charge in [-0.05, 0) is 40.8 Å². The number of allylic oxidation sites excluding steroid dienone is 5. The van der Waals surface area contributed by atoms with Crippen molar-refractivity contribution >= 4 is 17.4 Å². The molecule has 0 nitrogen and oxygen atoms in total. The van der Waals surface area contributed by atoms with Crippen molar-refractivity contribution in [2.24, 2.45) is 10.8 Å². The fourth-order valence-corrected chi connectivity index (χ4v) is 2.16. The molecule has 0 aliphatic rings. The fraction of sp³-hybridized carbons (Fsp3) is 0.474. The van der Waals surface area contributed by atoms with Crippen molar-refractivity contribution in [2.75, 3.05) is 0 Å². The normalized spacial score (nSPS) is 15.2. The summed E-state index contributed by atoms with van der Waals surface area (Å²) in [5.41, 5.74) is 3.09. The smallest absolute Gasteiger partial charge is 0.0276 e. The second kappa shape index (κ2) is 6.58. The molecule has 0 amide bonds. The first-order valence-corrected chi connectivity index (χ1v) is 8.09. The molecule has 0 aliphatic heterocycles. The van der Waals surface area contributed by atoms with Gasteiger partial charge in [0.15, 0.2) is 0 Å². The van der Waals surface area contributed by atoms with E-state index in [2.05, 4.69) is 90.3 Å². The van der Waals surface area contributed by atoms with Crippen LogP contribution < -0.4 is 0 Å². The predicted octanol–water partition coefficient (Wildman–Crippen LogP) is 6.73. The number of hydrogen-bond donors (Lipinski definition) is 0. The lowest BCUT2D eigenvalue weighted by Crippen LogP contribution is -2.06. The molecular formula is C19H28S. The van der Waals surface area contributed by atoms with E-state index in [0.717, 1.165) is 0 Å². The Hall–Kier alpha value is -1.08. The van der Waals surface area contributed by atoms with Crippen molar-refractivity contribution < 1.29 is 0 Å². The molecule has 0 spiro atoms. The van der Waals surface area contributed by atoms with Crippen LogP contribution in [-0.4, -0.2) is 0 Å². The minimum absolute atomic E-state index is 0.206. The molecule has 20 heavy (non-hydrogen) atoms. The molecule has 1 aromatic rings. The average molecular weight is 289 g/mol. The zero-order chi connectivity index (χ0) is 15.4. The van der Waals surface area contributed by atoms with E-state index < -0.39 is 0 Å². The van der Waals surface area contributed by atoms with Crippen LogP contribution in [0, 0.1) is 10.8 Å². The largest absolute Gasteiger partial charge is 0.144 e. The molecule has 1 heterocycles. The fourth-order valence-electron chi connectivity index (χ4n) is 1.49. The van der Waals surface area contributed by atoms with Crippen LogP contribution in [0.15, 0.2) is 46.9 Å². The number of hydrogen-bond acceptors (Lipinski definition) is 1. The molecular weight excluding hydrogens is 260 g/mol. The van der Waals surface area contributed by atoms with Crippen molar-refractivity contribution in [3.8, 4) is 0 Å². The Morgan fingerprint density at radius 2 is 1.75 bits per heavy atom. The first kappa shape index (κ1) is 17.0. The molecule has 0 aliphatic carbocycles. The predicted molar refractivity (Wildman–Crippen MR) is 94.1 cm³/mol. The maximum atomic E-state index is 2.31. The van der Waals surface area contributed by atoms with Gasteiger partial charge in [-0.2, -0.15) is 0 Å². The van der Waals surface area contributed by atoms with Crippen LogP contribution in [0.1, 0.15) is 53.3 Å². The van der Waals surface area contributed by atoms with E-state index in [-0.39, 0.29) is 10.8 Å². The van der Waals surface area contributed by atoms with Crippen LogP contribution >= 0.6 is 11.3 Å². The summed E-state index contributed by atoms with van der Waals surface area (Å²) in [6.07, 6.45) is 9.10. The van der Waals surface area contributed by atoms with Crippen molar-refractivity contribution in [1.82, 2.24) is 0 Å². The molecule has 1 rings (SSSR count). The van der Waals surface area contributed by atoms with Crippen LogP contribution in [0.5, 0.6) is 0 Å². The zero-order valence-corrected chi connectivity index (χ0v) is 14.8. The van der Waals surface area contributed by atoms with Gasteiger partial charge in [-0.3, -0.25) is 0 Å². The Labute approximate surface area is 128 Å². The molecule has 0 saturated carbocycles. The first-order chi connectivity index (χ1) is 9.08. The summed E-state index contributed by atoms with van der Waals surface area (Å²) in [4.78, 5) is 1.30. The van der Waals surface area contributed by atoms with Gasteiger partial charge in [0, 0.05) is 4.88 Å². The first-order valence-electron chi connectivity index (χ1n) is 7.21. The molecule has 0 unspecified atom stereocenters. The lowest BCUT2D eigenvalue weighted by Gasteiger charge is -2.20. The van der Waals surface area contributed by atoms with Crippen molar-refractivity contribution in [3.63, 3.8) is 0 Å². The van der Waals surface area contributed by atoms with E-state index in [0.29, 0.717) is 0 Å². The van der Waals surface area contributed by atoms with Crippen molar-refractivity contribution in [3.05, 3.63) is 51.8 Å². The van der Waals surface area contributed by atoms with E-state index in [1.165, 1.54) is 16.0 Å². The molecule has 0 bridgehead atoms. The molecule has 0 aromatic carbocycles. The Morgan fingerprint density at radius 1 is 1.10 bits per heavy atom. The SMILES string of the molecule is CC(=CC(C=CC(C)(C)C)=Cc1cccs1)C(C)(C)C. The highest BCUT2D eigenvalue weighted by molar-refractivity contribution is 7.10. The molecule has 0 atom stereocenters.